The third-order valence-electron chi connectivity index (χ3n) is 2.84. The van der Waals surface area contributed by atoms with E-state index in [1.807, 2.05) is 11.8 Å². The fourth-order valence-corrected chi connectivity index (χ4v) is 2.87. The van der Waals surface area contributed by atoms with E-state index in [0.29, 0.717) is 11.0 Å². The first-order valence-corrected chi connectivity index (χ1v) is 7.47. The van der Waals surface area contributed by atoms with Gasteiger partial charge in [-0.3, -0.25) is 4.79 Å². The van der Waals surface area contributed by atoms with E-state index < -0.39 is 0 Å². The maximum Gasteiger partial charge on any atom is 0.230 e. The standard InChI is InChI=1S/C12H24N2OS/c1-2-3-4-7-14-12(15)10-16-11-5-8-13-9-6-11/h11,13H,2-10H2,1H3,(H,14,15). The number of amides is 1. The molecule has 1 aliphatic heterocycles. The van der Waals surface area contributed by atoms with Gasteiger partial charge in [0.25, 0.3) is 0 Å². The van der Waals surface area contributed by atoms with Gasteiger partial charge in [0.15, 0.2) is 0 Å². The molecule has 0 aromatic rings. The van der Waals surface area contributed by atoms with Crippen LogP contribution < -0.4 is 10.6 Å². The molecule has 0 aromatic heterocycles. The van der Waals surface area contributed by atoms with Crippen LogP contribution in [0.25, 0.3) is 0 Å². The average molecular weight is 244 g/mol. The van der Waals surface area contributed by atoms with E-state index in [1.165, 1.54) is 25.7 Å². The first-order chi connectivity index (χ1) is 7.83. The summed E-state index contributed by atoms with van der Waals surface area (Å²) in [5.74, 6) is 0.844. The lowest BCUT2D eigenvalue weighted by molar-refractivity contribution is -0.118. The molecule has 1 amide bonds. The Kier molecular flexibility index (Phi) is 7.68. The summed E-state index contributed by atoms with van der Waals surface area (Å²) in [6.07, 6.45) is 5.93. The highest BCUT2D eigenvalue weighted by Gasteiger charge is 2.14. The van der Waals surface area contributed by atoms with E-state index in [-0.39, 0.29) is 5.91 Å². The topological polar surface area (TPSA) is 41.1 Å². The summed E-state index contributed by atoms with van der Waals surface area (Å²) in [5, 5.41) is 7.00. The largest absolute Gasteiger partial charge is 0.355 e. The second-order valence-electron chi connectivity index (χ2n) is 4.32. The molecular weight excluding hydrogens is 220 g/mol. The third-order valence-corrected chi connectivity index (χ3v) is 4.21. The molecule has 1 fully saturated rings. The molecule has 0 aliphatic carbocycles. The molecule has 0 unspecified atom stereocenters. The number of rotatable bonds is 7. The fraction of sp³-hybridized carbons (Fsp3) is 0.917. The van der Waals surface area contributed by atoms with Crippen LogP contribution in [0.3, 0.4) is 0 Å². The van der Waals surface area contributed by atoms with Gasteiger partial charge in [0, 0.05) is 11.8 Å². The summed E-state index contributed by atoms with van der Waals surface area (Å²) >= 11 is 1.82. The van der Waals surface area contributed by atoms with E-state index in [0.717, 1.165) is 26.1 Å². The molecule has 0 bridgehead atoms. The van der Waals surface area contributed by atoms with Crippen molar-refractivity contribution in [3.8, 4) is 0 Å². The lowest BCUT2D eigenvalue weighted by Gasteiger charge is -2.21. The highest BCUT2D eigenvalue weighted by molar-refractivity contribution is 8.00. The Morgan fingerprint density at radius 2 is 2.12 bits per heavy atom. The minimum absolute atomic E-state index is 0.208. The van der Waals surface area contributed by atoms with Crippen molar-refractivity contribution in [1.29, 1.82) is 0 Å². The van der Waals surface area contributed by atoms with Gasteiger partial charge < -0.3 is 10.6 Å². The quantitative estimate of drug-likeness (QED) is 0.671. The highest BCUT2D eigenvalue weighted by Crippen LogP contribution is 2.19. The normalized spacial score (nSPS) is 17.3. The van der Waals surface area contributed by atoms with Gasteiger partial charge in [0.05, 0.1) is 5.75 Å². The Labute approximate surface area is 103 Å². The lowest BCUT2D eigenvalue weighted by atomic mass is 10.2. The molecule has 16 heavy (non-hydrogen) atoms. The van der Waals surface area contributed by atoms with Gasteiger partial charge in [-0.2, -0.15) is 0 Å². The summed E-state index contributed by atoms with van der Waals surface area (Å²) in [6.45, 7) is 5.24. The average Bonchev–Trinajstić information content (AvgIpc) is 2.33. The molecule has 0 atom stereocenters. The predicted molar refractivity (Wildman–Crippen MR) is 70.9 cm³/mol. The smallest absolute Gasteiger partial charge is 0.230 e. The van der Waals surface area contributed by atoms with Crippen molar-refractivity contribution in [2.45, 2.75) is 44.3 Å². The van der Waals surface area contributed by atoms with Crippen molar-refractivity contribution < 1.29 is 4.79 Å². The predicted octanol–water partition coefficient (Wildman–Crippen LogP) is 1.78. The van der Waals surface area contributed by atoms with Crippen molar-refractivity contribution in [3.63, 3.8) is 0 Å². The summed E-state index contributed by atoms with van der Waals surface area (Å²) < 4.78 is 0. The van der Waals surface area contributed by atoms with Crippen LogP contribution in [0.1, 0.15) is 39.0 Å². The number of thioether (sulfide) groups is 1. The second-order valence-corrected chi connectivity index (χ2v) is 5.61. The molecule has 2 N–H and O–H groups in total. The number of hydrogen-bond acceptors (Lipinski definition) is 3. The zero-order chi connectivity index (χ0) is 11.6. The number of unbranched alkanes of at least 4 members (excludes halogenated alkanes) is 2. The maximum atomic E-state index is 11.5. The van der Waals surface area contributed by atoms with Crippen LogP contribution in [0.15, 0.2) is 0 Å². The zero-order valence-electron chi connectivity index (χ0n) is 10.3. The lowest BCUT2D eigenvalue weighted by Crippen LogP contribution is -2.31. The number of carbonyl (C=O) groups excluding carboxylic acids is 1. The van der Waals surface area contributed by atoms with Crippen LogP contribution in [0, 0.1) is 0 Å². The Morgan fingerprint density at radius 3 is 2.81 bits per heavy atom. The Hall–Kier alpha value is -0.220. The van der Waals surface area contributed by atoms with Crippen LogP contribution >= 0.6 is 11.8 Å². The van der Waals surface area contributed by atoms with Gasteiger partial charge in [0.2, 0.25) is 5.91 Å². The highest BCUT2D eigenvalue weighted by atomic mass is 32.2. The van der Waals surface area contributed by atoms with E-state index in [4.69, 9.17) is 0 Å². The summed E-state index contributed by atoms with van der Waals surface area (Å²) in [4.78, 5) is 11.5. The minimum Gasteiger partial charge on any atom is -0.355 e. The molecule has 3 nitrogen and oxygen atoms in total. The van der Waals surface area contributed by atoms with Crippen LogP contribution in [-0.2, 0) is 4.79 Å². The van der Waals surface area contributed by atoms with Gasteiger partial charge in [-0.25, -0.2) is 0 Å². The van der Waals surface area contributed by atoms with E-state index in [1.54, 1.807) is 0 Å². The molecule has 0 spiro atoms. The van der Waals surface area contributed by atoms with Crippen LogP contribution in [0.2, 0.25) is 0 Å². The van der Waals surface area contributed by atoms with Crippen LogP contribution in [-0.4, -0.2) is 36.5 Å². The summed E-state index contributed by atoms with van der Waals surface area (Å²) in [5.41, 5.74) is 0. The Morgan fingerprint density at radius 1 is 1.38 bits per heavy atom. The molecule has 0 radical (unpaired) electrons. The first kappa shape index (κ1) is 13.8. The molecule has 1 rings (SSSR count). The number of hydrogen-bond donors (Lipinski definition) is 2. The summed E-state index contributed by atoms with van der Waals surface area (Å²) in [6, 6.07) is 0. The van der Waals surface area contributed by atoms with Crippen LogP contribution in [0.5, 0.6) is 0 Å². The van der Waals surface area contributed by atoms with Crippen molar-refractivity contribution in [2.24, 2.45) is 0 Å². The van der Waals surface area contributed by atoms with Crippen molar-refractivity contribution in [1.82, 2.24) is 10.6 Å². The zero-order valence-corrected chi connectivity index (χ0v) is 11.1. The van der Waals surface area contributed by atoms with Gasteiger partial charge in [0.1, 0.15) is 0 Å². The second kappa shape index (κ2) is 8.88. The van der Waals surface area contributed by atoms with Crippen molar-refractivity contribution >= 4 is 17.7 Å². The van der Waals surface area contributed by atoms with Gasteiger partial charge in [-0.15, -0.1) is 11.8 Å². The Bertz CT molecular complexity index is 193. The SMILES string of the molecule is CCCCCNC(=O)CSC1CCNCC1. The van der Waals surface area contributed by atoms with E-state index in [9.17, 15) is 4.79 Å². The fourth-order valence-electron chi connectivity index (χ4n) is 1.81. The number of piperidine rings is 1. The van der Waals surface area contributed by atoms with Gasteiger partial charge >= 0.3 is 0 Å². The van der Waals surface area contributed by atoms with Crippen LogP contribution in [0.4, 0.5) is 0 Å². The van der Waals surface area contributed by atoms with Crippen molar-refractivity contribution in [3.05, 3.63) is 0 Å². The molecule has 1 saturated heterocycles. The molecular formula is C12H24N2OS. The van der Waals surface area contributed by atoms with Crippen molar-refractivity contribution in [2.75, 3.05) is 25.4 Å². The molecule has 4 heteroatoms. The molecule has 94 valence electrons. The molecule has 1 aliphatic rings. The minimum atomic E-state index is 0.208. The Balaban J connectivity index is 1.96. The maximum absolute atomic E-state index is 11.5. The van der Waals surface area contributed by atoms with Gasteiger partial charge in [-0.1, -0.05) is 19.8 Å². The monoisotopic (exact) mass is 244 g/mol. The van der Waals surface area contributed by atoms with E-state index >= 15 is 0 Å². The molecule has 0 aromatic carbocycles. The van der Waals surface area contributed by atoms with Gasteiger partial charge in [-0.05, 0) is 32.4 Å². The summed E-state index contributed by atoms with van der Waals surface area (Å²) in [7, 11) is 0. The molecule has 1 heterocycles. The van der Waals surface area contributed by atoms with E-state index in [2.05, 4.69) is 17.6 Å². The third kappa shape index (κ3) is 6.38. The molecule has 0 saturated carbocycles. The number of nitrogens with one attached hydrogen (secondary N) is 2. The first-order valence-electron chi connectivity index (χ1n) is 6.42. The number of carbonyl (C=O) groups is 1.